The fourth-order valence-electron chi connectivity index (χ4n) is 2.86. The lowest BCUT2D eigenvalue weighted by Crippen LogP contribution is -2.44. The van der Waals surface area contributed by atoms with Crippen LogP contribution in [0.2, 0.25) is 0 Å². The van der Waals surface area contributed by atoms with Gasteiger partial charge in [-0.1, -0.05) is 6.92 Å². The van der Waals surface area contributed by atoms with E-state index in [0.717, 1.165) is 12.2 Å². The van der Waals surface area contributed by atoms with Gasteiger partial charge in [-0.05, 0) is 18.7 Å². The summed E-state index contributed by atoms with van der Waals surface area (Å²) in [7, 11) is 1.80. The zero-order valence-corrected chi connectivity index (χ0v) is 14.1. The van der Waals surface area contributed by atoms with Crippen molar-refractivity contribution in [2.75, 3.05) is 31.3 Å². The van der Waals surface area contributed by atoms with Crippen molar-refractivity contribution in [1.29, 1.82) is 0 Å². The van der Waals surface area contributed by atoms with Crippen LogP contribution in [0.5, 0.6) is 0 Å². The van der Waals surface area contributed by atoms with Crippen LogP contribution in [0.25, 0.3) is 0 Å². The van der Waals surface area contributed by atoms with Gasteiger partial charge in [-0.2, -0.15) is 11.8 Å². The van der Waals surface area contributed by atoms with Gasteiger partial charge in [0, 0.05) is 26.2 Å². The highest BCUT2D eigenvalue weighted by molar-refractivity contribution is 7.99. The first kappa shape index (κ1) is 17.0. The Hall–Kier alpha value is -1.37. The van der Waals surface area contributed by atoms with E-state index in [9.17, 15) is 9.18 Å². The minimum absolute atomic E-state index is 0.0277. The third-order valence-electron chi connectivity index (χ3n) is 4.02. The number of carbonyl (C=O) groups excluding carboxylic acids is 1. The molecule has 0 saturated carbocycles. The fourth-order valence-corrected chi connectivity index (χ4v) is 3.58. The van der Waals surface area contributed by atoms with Gasteiger partial charge in [0.25, 0.3) is 0 Å². The van der Waals surface area contributed by atoms with Gasteiger partial charge < -0.3 is 9.80 Å². The van der Waals surface area contributed by atoms with E-state index >= 15 is 0 Å². The number of rotatable bonds is 6. The Morgan fingerprint density at radius 3 is 3.00 bits per heavy atom. The van der Waals surface area contributed by atoms with Crippen LogP contribution < -0.4 is 4.90 Å². The average molecular weight is 326 g/mol. The van der Waals surface area contributed by atoms with Crippen LogP contribution in [0, 0.1) is 0 Å². The molecule has 122 valence electrons. The summed E-state index contributed by atoms with van der Waals surface area (Å²) in [5.74, 6) is 0.831. The lowest BCUT2D eigenvalue weighted by Gasteiger charge is -2.30. The molecule has 0 unspecified atom stereocenters. The van der Waals surface area contributed by atoms with E-state index in [4.69, 9.17) is 0 Å². The molecular formula is C15H23FN4OS. The van der Waals surface area contributed by atoms with Gasteiger partial charge in [0.2, 0.25) is 5.91 Å². The summed E-state index contributed by atoms with van der Waals surface area (Å²) in [6.07, 6.45) is 5.41. The summed E-state index contributed by atoms with van der Waals surface area (Å²) in [6, 6.07) is 1.74. The molecule has 0 bridgehead atoms. The van der Waals surface area contributed by atoms with Crippen LogP contribution in [0.1, 0.15) is 19.8 Å². The van der Waals surface area contributed by atoms with E-state index in [1.54, 1.807) is 36.0 Å². The Morgan fingerprint density at radius 2 is 2.41 bits per heavy atom. The van der Waals surface area contributed by atoms with Gasteiger partial charge in [-0.15, -0.1) is 0 Å². The third kappa shape index (κ3) is 3.88. The second kappa shape index (κ2) is 7.76. The van der Waals surface area contributed by atoms with E-state index in [2.05, 4.69) is 9.97 Å². The number of likely N-dealkylation sites (N-methyl/N-ethyl adjacent to an activating group) is 1. The van der Waals surface area contributed by atoms with Gasteiger partial charge in [-0.25, -0.2) is 14.4 Å². The predicted octanol–water partition coefficient (Wildman–Crippen LogP) is 1.99. The van der Waals surface area contributed by atoms with E-state index in [1.807, 2.05) is 18.1 Å². The maximum Gasteiger partial charge on any atom is 0.235 e. The molecule has 5 nitrogen and oxygen atoms in total. The number of hydrogen-bond acceptors (Lipinski definition) is 5. The molecule has 1 aliphatic heterocycles. The summed E-state index contributed by atoms with van der Waals surface area (Å²) >= 11 is 1.56. The molecular weight excluding hydrogens is 303 g/mol. The Bertz CT molecular complexity index is 486. The number of carbonyl (C=O) groups is 1. The highest BCUT2D eigenvalue weighted by atomic mass is 32.2. The van der Waals surface area contributed by atoms with Crippen molar-refractivity contribution in [3.8, 4) is 0 Å². The van der Waals surface area contributed by atoms with Crippen molar-refractivity contribution in [3.05, 3.63) is 18.6 Å². The number of thioether (sulfide) groups is 1. The first-order valence-electron chi connectivity index (χ1n) is 7.51. The second-order valence-corrected chi connectivity index (χ2v) is 6.60. The standard InChI is InChI=1S/C15H23FN4OS/c1-4-13(22-3)15(21)19(2)9-12-7-11(16)8-20(12)14-5-6-17-10-18-14/h5-6,10-13H,4,7-9H2,1-3H3/t11-,12-,13-/m0/s1. The highest BCUT2D eigenvalue weighted by Crippen LogP contribution is 2.26. The smallest absolute Gasteiger partial charge is 0.235 e. The number of halogens is 1. The maximum absolute atomic E-state index is 13.9. The number of amides is 1. The van der Waals surface area contributed by atoms with Crippen LogP contribution in [-0.2, 0) is 4.79 Å². The van der Waals surface area contributed by atoms with Crippen molar-refractivity contribution in [1.82, 2.24) is 14.9 Å². The van der Waals surface area contributed by atoms with Crippen molar-refractivity contribution in [3.63, 3.8) is 0 Å². The van der Waals surface area contributed by atoms with Gasteiger partial charge in [-0.3, -0.25) is 4.79 Å². The topological polar surface area (TPSA) is 49.3 Å². The lowest BCUT2D eigenvalue weighted by atomic mass is 10.2. The number of alkyl halides is 1. The maximum atomic E-state index is 13.9. The minimum Gasteiger partial charge on any atom is -0.349 e. The fraction of sp³-hybridized carbons (Fsp3) is 0.667. The first-order valence-corrected chi connectivity index (χ1v) is 8.80. The zero-order chi connectivity index (χ0) is 16.1. The molecule has 1 amide bonds. The first-order chi connectivity index (χ1) is 10.6. The summed E-state index contributed by atoms with van der Waals surface area (Å²) in [5, 5.41) is -0.0277. The summed E-state index contributed by atoms with van der Waals surface area (Å²) < 4.78 is 13.9. The summed E-state index contributed by atoms with van der Waals surface area (Å²) in [4.78, 5) is 24.2. The molecule has 2 rings (SSSR count). The normalized spacial score (nSPS) is 22.6. The number of anilines is 1. The van der Waals surface area contributed by atoms with Crippen molar-refractivity contribution in [2.45, 2.75) is 37.2 Å². The van der Waals surface area contributed by atoms with Crippen LogP contribution in [0.15, 0.2) is 18.6 Å². The molecule has 2 heterocycles. The molecule has 0 radical (unpaired) electrons. The summed E-state index contributed by atoms with van der Waals surface area (Å²) in [6.45, 7) is 2.84. The van der Waals surface area contributed by atoms with Crippen LogP contribution in [-0.4, -0.2) is 64.6 Å². The number of aromatic nitrogens is 2. The molecule has 7 heteroatoms. The van der Waals surface area contributed by atoms with Gasteiger partial charge >= 0.3 is 0 Å². The largest absolute Gasteiger partial charge is 0.349 e. The van der Waals surface area contributed by atoms with E-state index in [-0.39, 0.29) is 17.2 Å². The van der Waals surface area contributed by atoms with E-state index in [0.29, 0.717) is 19.5 Å². The average Bonchev–Trinajstić information content (AvgIpc) is 2.89. The Kier molecular flexibility index (Phi) is 5.99. The SMILES string of the molecule is CC[C@H](SC)C(=O)N(C)C[C@@H]1C[C@H](F)CN1c1ccncn1. The monoisotopic (exact) mass is 326 g/mol. The molecule has 0 aromatic carbocycles. The Labute approximate surface area is 135 Å². The third-order valence-corrected chi connectivity index (χ3v) is 5.12. The number of nitrogens with zero attached hydrogens (tertiary/aromatic N) is 4. The van der Waals surface area contributed by atoms with Gasteiger partial charge in [0.05, 0.1) is 17.8 Å². The molecule has 1 aromatic heterocycles. The zero-order valence-electron chi connectivity index (χ0n) is 13.3. The Morgan fingerprint density at radius 1 is 1.64 bits per heavy atom. The van der Waals surface area contributed by atoms with Crippen molar-refractivity contribution < 1.29 is 9.18 Å². The molecule has 1 aromatic rings. The van der Waals surface area contributed by atoms with Gasteiger partial charge in [0.1, 0.15) is 18.3 Å². The highest BCUT2D eigenvalue weighted by Gasteiger charge is 2.35. The predicted molar refractivity (Wildman–Crippen MR) is 87.9 cm³/mol. The Balaban J connectivity index is 2.05. The van der Waals surface area contributed by atoms with Crippen LogP contribution >= 0.6 is 11.8 Å². The van der Waals surface area contributed by atoms with Crippen LogP contribution in [0.4, 0.5) is 10.2 Å². The molecule has 22 heavy (non-hydrogen) atoms. The molecule has 0 aliphatic carbocycles. The van der Waals surface area contributed by atoms with Crippen molar-refractivity contribution in [2.24, 2.45) is 0 Å². The molecule has 0 N–H and O–H groups in total. The minimum atomic E-state index is -0.883. The molecule has 1 saturated heterocycles. The lowest BCUT2D eigenvalue weighted by molar-refractivity contribution is -0.129. The molecule has 3 atom stereocenters. The molecule has 1 aliphatic rings. The summed E-state index contributed by atoms with van der Waals surface area (Å²) in [5.41, 5.74) is 0. The van der Waals surface area contributed by atoms with Gasteiger partial charge in [0.15, 0.2) is 0 Å². The van der Waals surface area contributed by atoms with E-state index in [1.165, 1.54) is 6.33 Å². The number of hydrogen-bond donors (Lipinski definition) is 0. The second-order valence-electron chi connectivity index (χ2n) is 5.56. The molecule has 1 fully saturated rings. The van der Waals surface area contributed by atoms with E-state index < -0.39 is 6.17 Å². The quantitative estimate of drug-likeness (QED) is 0.800. The van der Waals surface area contributed by atoms with Crippen molar-refractivity contribution >= 4 is 23.5 Å². The molecule has 0 spiro atoms. The van der Waals surface area contributed by atoms with Crippen LogP contribution in [0.3, 0.4) is 0 Å².